The zero-order chi connectivity index (χ0) is 18.3. The molecular formula is C20H25BrN2O3. The van der Waals surface area contributed by atoms with Gasteiger partial charge in [0.1, 0.15) is 0 Å². The number of amides is 2. The molecular weight excluding hydrogens is 396 g/mol. The molecule has 3 atom stereocenters. The van der Waals surface area contributed by atoms with Gasteiger partial charge in [0.25, 0.3) is 0 Å². The summed E-state index contributed by atoms with van der Waals surface area (Å²) in [5, 5.41) is 9.82. The summed E-state index contributed by atoms with van der Waals surface area (Å²) in [4.78, 5) is 29.2. The molecule has 0 aromatic heterocycles. The summed E-state index contributed by atoms with van der Waals surface area (Å²) in [6.07, 6.45) is 5.34. The number of piperazine rings is 1. The van der Waals surface area contributed by atoms with E-state index in [1.807, 2.05) is 24.3 Å². The molecule has 0 bridgehead atoms. The first-order chi connectivity index (χ1) is 12.6. The third-order valence-corrected chi connectivity index (χ3v) is 6.80. The summed E-state index contributed by atoms with van der Waals surface area (Å²) in [7, 11) is 0. The van der Waals surface area contributed by atoms with Crippen LogP contribution in [-0.2, 0) is 9.59 Å². The van der Waals surface area contributed by atoms with Crippen molar-refractivity contribution in [2.24, 2.45) is 5.92 Å². The Morgan fingerprint density at radius 2 is 1.85 bits per heavy atom. The predicted octanol–water partition coefficient (Wildman–Crippen LogP) is 2.53. The number of fused-ring (bicyclic) bond motifs is 1. The Hall–Kier alpha value is -1.40. The van der Waals surface area contributed by atoms with Crippen molar-refractivity contribution in [1.82, 2.24) is 9.80 Å². The maximum absolute atomic E-state index is 12.9. The molecule has 4 rings (SSSR count). The van der Waals surface area contributed by atoms with Crippen molar-refractivity contribution in [2.75, 3.05) is 19.7 Å². The van der Waals surface area contributed by atoms with E-state index in [9.17, 15) is 14.7 Å². The van der Waals surface area contributed by atoms with Crippen LogP contribution in [0.3, 0.4) is 0 Å². The Morgan fingerprint density at radius 1 is 1.15 bits per heavy atom. The van der Waals surface area contributed by atoms with E-state index in [4.69, 9.17) is 0 Å². The number of benzene rings is 1. The van der Waals surface area contributed by atoms with Gasteiger partial charge in [0.15, 0.2) is 0 Å². The number of halogens is 1. The normalized spacial score (nSPS) is 29.3. The molecule has 2 amide bonds. The molecule has 1 aromatic carbocycles. The minimum absolute atomic E-state index is 0.0258. The molecule has 1 aliphatic carbocycles. The monoisotopic (exact) mass is 420 g/mol. The van der Waals surface area contributed by atoms with Gasteiger partial charge in [-0.15, -0.1) is 0 Å². The van der Waals surface area contributed by atoms with Crippen LogP contribution in [0.2, 0.25) is 0 Å². The van der Waals surface area contributed by atoms with E-state index < -0.39 is 0 Å². The molecule has 1 saturated carbocycles. The molecule has 26 heavy (non-hydrogen) atoms. The fraction of sp³-hybridized carbons (Fsp3) is 0.600. The highest BCUT2D eigenvalue weighted by atomic mass is 79.9. The van der Waals surface area contributed by atoms with Gasteiger partial charge < -0.3 is 14.9 Å². The maximum Gasteiger partial charge on any atom is 0.242 e. The Bertz CT molecular complexity index is 687. The summed E-state index contributed by atoms with van der Waals surface area (Å²) in [5.41, 5.74) is 1.12. The van der Waals surface area contributed by atoms with E-state index in [0.29, 0.717) is 6.54 Å². The van der Waals surface area contributed by atoms with Crippen LogP contribution in [0.15, 0.2) is 28.7 Å². The number of carbonyl (C=O) groups excluding carboxylic acids is 2. The second-order valence-corrected chi connectivity index (χ2v) is 8.66. The van der Waals surface area contributed by atoms with Gasteiger partial charge >= 0.3 is 0 Å². The number of hydrogen-bond donors (Lipinski definition) is 1. The Kier molecular flexibility index (Phi) is 5.06. The third-order valence-electron chi connectivity index (χ3n) is 6.27. The lowest BCUT2D eigenvalue weighted by Gasteiger charge is -2.59. The van der Waals surface area contributed by atoms with Gasteiger partial charge in [-0.3, -0.25) is 9.59 Å². The number of aliphatic hydroxyl groups excluding tert-OH is 1. The highest BCUT2D eigenvalue weighted by Gasteiger charge is 2.54. The summed E-state index contributed by atoms with van der Waals surface area (Å²) in [5.74, 6) is 0.291. The lowest BCUT2D eigenvalue weighted by molar-refractivity contribution is -0.168. The smallest absolute Gasteiger partial charge is 0.242 e. The van der Waals surface area contributed by atoms with E-state index in [0.717, 1.165) is 35.7 Å². The summed E-state index contributed by atoms with van der Waals surface area (Å²) in [6, 6.07) is 7.86. The molecule has 0 unspecified atom stereocenters. The average molecular weight is 421 g/mol. The first kappa shape index (κ1) is 18.0. The molecule has 0 radical (unpaired) electrons. The summed E-state index contributed by atoms with van der Waals surface area (Å²) < 4.78 is 1.01. The number of carbonyl (C=O) groups is 2. The van der Waals surface area contributed by atoms with Gasteiger partial charge in [-0.1, -0.05) is 47.3 Å². The molecule has 2 heterocycles. The summed E-state index contributed by atoms with van der Waals surface area (Å²) in [6.45, 7) is 0.702. The van der Waals surface area contributed by atoms with E-state index in [2.05, 4.69) is 15.9 Å². The zero-order valence-corrected chi connectivity index (χ0v) is 16.4. The van der Waals surface area contributed by atoms with Crippen molar-refractivity contribution in [3.05, 3.63) is 34.3 Å². The zero-order valence-electron chi connectivity index (χ0n) is 14.8. The van der Waals surface area contributed by atoms with Crippen LogP contribution in [0.1, 0.15) is 43.6 Å². The van der Waals surface area contributed by atoms with E-state index in [1.165, 1.54) is 6.42 Å². The minimum Gasteiger partial charge on any atom is -0.394 e. The maximum atomic E-state index is 12.9. The van der Waals surface area contributed by atoms with Crippen LogP contribution >= 0.6 is 15.9 Å². The van der Waals surface area contributed by atoms with E-state index in [-0.39, 0.29) is 48.9 Å². The van der Waals surface area contributed by atoms with Crippen LogP contribution in [0.4, 0.5) is 0 Å². The van der Waals surface area contributed by atoms with Crippen molar-refractivity contribution in [3.8, 4) is 0 Å². The van der Waals surface area contributed by atoms with Gasteiger partial charge in [0.2, 0.25) is 11.8 Å². The van der Waals surface area contributed by atoms with Crippen molar-refractivity contribution < 1.29 is 14.7 Å². The van der Waals surface area contributed by atoms with Crippen molar-refractivity contribution in [1.29, 1.82) is 0 Å². The number of rotatable bonds is 3. The molecule has 140 valence electrons. The molecule has 1 N–H and O–H groups in total. The van der Waals surface area contributed by atoms with Crippen LogP contribution in [0.25, 0.3) is 0 Å². The van der Waals surface area contributed by atoms with Crippen LogP contribution < -0.4 is 0 Å². The Balaban J connectivity index is 1.53. The minimum atomic E-state index is -0.180. The fourth-order valence-electron chi connectivity index (χ4n) is 4.96. The van der Waals surface area contributed by atoms with Gasteiger partial charge in [-0.25, -0.2) is 0 Å². The fourth-order valence-corrected chi connectivity index (χ4v) is 5.22. The molecule has 2 aliphatic heterocycles. The van der Waals surface area contributed by atoms with E-state index in [1.54, 1.807) is 9.80 Å². The van der Waals surface area contributed by atoms with Crippen LogP contribution in [0.5, 0.6) is 0 Å². The van der Waals surface area contributed by atoms with Crippen molar-refractivity contribution in [2.45, 2.75) is 50.1 Å². The SMILES string of the molecule is O=C(C1CCCCC1)N1CC(=O)N2[C@@H](CO)[C@H](c3ccc(Br)cc3)[C@@H]2C1. The topological polar surface area (TPSA) is 60.9 Å². The largest absolute Gasteiger partial charge is 0.394 e. The highest BCUT2D eigenvalue weighted by Crippen LogP contribution is 2.43. The average Bonchev–Trinajstić information content (AvgIpc) is 2.65. The molecule has 2 saturated heterocycles. The second-order valence-electron chi connectivity index (χ2n) is 7.75. The summed E-state index contributed by atoms with van der Waals surface area (Å²) >= 11 is 3.45. The van der Waals surface area contributed by atoms with Gasteiger partial charge in [0, 0.05) is 22.9 Å². The Morgan fingerprint density at radius 3 is 2.50 bits per heavy atom. The first-order valence-electron chi connectivity index (χ1n) is 9.56. The molecule has 3 aliphatic rings. The molecule has 6 heteroatoms. The molecule has 5 nitrogen and oxygen atoms in total. The van der Waals surface area contributed by atoms with Crippen molar-refractivity contribution in [3.63, 3.8) is 0 Å². The number of hydrogen-bond acceptors (Lipinski definition) is 3. The molecule has 0 spiro atoms. The number of nitrogens with zero attached hydrogens (tertiary/aromatic N) is 2. The predicted molar refractivity (Wildman–Crippen MR) is 102 cm³/mol. The van der Waals surface area contributed by atoms with Crippen LogP contribution in [-0.4, -0.2) is 58.5 Å². The quantitative estimate of drug-likeness (QED) is 0.816. The van der Waals surface area contributed by atoms with Crippen LogP contribution in [0, 0.1) is 5.92 Å². The lowest BCUT2D eigenvalue weighted by Crippen LogP contribution is -2.73. The lowest BCUT2D eigenvalue weighted by atomic mass is 9.73. The third kappa shape index (κ3) is 3.07. The van der Waals surface area contributed by atoms with Gasteiger partial charge in [-0.05, 0) is 30.5 Å². The van der Waals surface area contributed by atoms with Crippen molar-refractivity contribution >= 4 is 27.7 Å². The second kappa shape index (κ2) is 7.31. The highest BCUT2D eigenvalue weighted by molar-refractivity contribution is 9.10. The standard InChI is InChI=1S/C20H25BrN2O3/c21-15-8-6-13(7-9-15)19-16-10-22(11-18(25)23(16)17(19)12-24)20(26)14-4-2-1-3-5-14/h6-9,14,16-17,19,24H,1-5,10-12H2/t16-,17-,19+/m0/s1. The van der Waals surface area contributed by atoms with Gasteiger partial charge in [-0.2, -0.15) is 0 Å². The number of aliphatic hydroxyl groups is 1. The first-order valence-corrected chi connectivity index (χ1v) is 10.4. The molecule has 1 aromatic rings. The Labute approximate surface area is 162 Å². The molecule has 3 fully saturated rings. The van der Waals surface area contributed by atoms with E-state index >= 15 is 0 Å². The van der Waals surface area contributed by atoms with Gasteiger partial charge in [0.05, 0.1) is 25.2 Å².